The number of piperazine rings is 1. The van der Waals surface area contributed by atoms with E-state index in [4.69, 9.17) is 4.74 Å². The average molecular weight is 659 g/mol. The summed E-state index contributed by atoms with van der Waals surface area (Å²) in [5.74, 6) is 0.165. The molecule has 3 N–H and O–H groups in total. The van der Waals surface area contributed by atoms with Gasteiger partial charge in [0.15, 0.2) is 0 Å². The summed E-state index contributed by atoms with van der Waals surface area (Å²) in [6, 6.07) is 17.0. The molecule has 1 unspecified atom stereocenters. The first-order valence-corrected chi connectivity index (χ1v) is 17.6. The van der Waals surface area contributed by atoms with Crippen LogP contribution in [-0.2, 0) is 11.2 Å². The fourth-order valence-electron chi connectivity index (χ4n) is 6.44. The first kappa shape index (κ1) is 33.1. The molecular formula is C36H43FN6O3S. The number of hydrogen-bond donors (Lipinski definition) is 3. The van der Waals surface area contributed by atoms with E-state index >= 15 is 0 Å². The molecule has 248 valence electrons. The lowest BCUT2D eigenvalue weighted by Gasteiger charge is -2.30. The van der Waals surface area contributed by atoms with Crippen LogP contribution in [0.2, 0.25) is 0 Å². The van der Waals surface area contributed by atoms with Crippen LogP contribution in [0.1, 0.15) is 54.9 Å². The number of carbonyl (C=O) groups is 2. The molecule has 9 nitrogen and oxygen atoms in total. The summed E-state index contributed by atoms with van der Waals surface area (Å²) in [7, 11) is 0. The lowest BCUT2D eigenvalue weighted by Crippen LogP contribution is -2.46. The standard InChI is InChI=1S/C36H43FN6O3S/c1-24-40-33(23-47-24)35(45)42-30-12-10-29(11-13-30)41-34(44)32-21-28(37)22-39-36(32)46-31-9-3-8-27(20-31)26-7-2-5-25(19-26)6-4-16-43-17-14-38-15-18-43/h2-3,5,7-9,19-22,29-30,33,38H,4,6,10-18,23H2,1H3,(H,41,44)(H,42,45). The van der Waals surface area contributed by atoms with Crippen LogP contribution < -0.4 is 20.7 Å². The topological polar surface area (TPSA) is 108 Å². The average Bonchev–Trinajstić information content (AvgIpc) is 3.53. The molecule has 2 fully saturated rings. The molecule has 1 aliphatic carbocycles. The van der Waals surface area contributed by atoms with Crippen molar-refractivity contribution in [2.45, 2.75) is 63.6 Å². The molecule has 1 aromatic heterocycles. The summed E-state index contributed by atoms with van der Waals surface area (Å²) < 4.78 is 20.4. The van der Waals surface area contributed by atoms with Gasteiger partial charge in [-0.15, -0.1) is 11.8 Å². The van der Waals surface area contributed by atoms with Crippen LogP contribution in [0.3, 0.4) is 0 Å². The Morgan fingerprint density at radius 3 is 2.47 bits per heavy atom. The zero-order chi connectivity index (χ0) is 32.6. The van der Waals surface area contributed by atoms with Crippen LogP contribution >= 0.6 is 11.8 Å². The van der Waals surface area contributed by atoms with Gasteiger partial charge < -0.3 is 25.6 Å². The van der Waals surface area contributed by atoms with Crippen LogP contribution in [0.4, 0.5) is 4.39 Å². The first-order chi connectivity index (χ1) is 22.9. The number of amides is 2. The molecule has 1 saturated carbocycles. The van der Waals surface area contributed by atoms with Crippen LogP contribution in [0, 0.1) is 5.82 Å². The highest BCUT2D eigenvalue weighted by Gasteiger charge is 2.29. The highest BCUT2D eigenvalue weighted by Crippen LogP contribution is 2.30. The molecule has 47 heavy (non-hydrogen) atoms. The Morgan fingerprint density at radius 2 is 1.72 bits per heavy atom. The molecular weight excluding hydrogens is 616 g/mol. The number of rotatable bonds is 11. The van der Waals surface area contributed by atoms with Gasteiger partial charge in [0.05, 0.1) is 11.2 Å². The number of pyridine rings is 1. The molecule has 0 spiro atoms. The summed E-state index contributed by atoms with van der Waals surface area (Å²) in [4.78, 5) is 37.0. The van der Waals surface area contributed by atoms with Gasteiger partial charge in [-0.2, -0.15) is 0 Å². The Morgan fingerprint density at radius 1 is 1.00 bits per heavy atom. The van der Waals surface area contributed by atoms with Crippen LogP contribution in [0.25, 0.3) is 11.1 Å². The van der Waals surface area contributed by atoms with Crippen LogP contribution in [0.5, 0.6) is 11.6 Å². The van der Waals surface area contributed by atoms with E-state index in [1.54, 1.807) is 17.8 Å². The number of thioether (sulfide) groups is 1. The van der Waals surface area contributed by atoms with Gasteiger partial charge in [-0.1, -0.05) is 36.4 Å². The van der Waals surface area contributed by atoms with Gasteiger partial charge in [0, 0.05) is 44.0 Å². The lowest BCUT2D eigenvalue weighted by atomic mass is 9.90. The lowest BCUT2D eigenvalue weighted by molar-refractivity contribution is -0.122. The fraction of sp³-hybridized carbons (Fsp3) is 0.444. The molecule has 3 aromatic rings. The molecule has 11 heteroatoms. The Hall–Kier alpha value is -3.80. The minimum atomic E-state index is -0.612. The van der Waals surface area contributed by atoms with Gasteiger partial charge in [0.25, 0.3) is 5.91 Å². The number of benzene rings is 2. The molecule has 0 bridgehead atoms. The maximum atomic E-state index is 14.3. The Balaban J connectivity index is 1.05. The summed E-state index contributed by atoms with van der Waals surface area (Å²) in [5.41, 5.74) is 3.40. The largest absolute Gasteiger partial charge is 0.438 e. The predicted molar refractivity (Wildman–Crippen MR) is 185 cm³/mol. The van der Waals surface area contributed by atoms with Crippen molar-refractivity contribution in [1.29, 1.82) is 0 Å². The van der Waals surface area contributed by atoms with Gasteiger partial charge in [-0.25, -0.2) is 9.37 Å². The Labute approximate surface area is 280 Å². The fourth-order valence-corrected chi connectivity index (χ4v) is 7.27. The molecule has 0 radical (unpaired) electrons. The van der Waals surface area contributed by atoms with E-state index in [1.165, 1.54) is 11.6 Å². The third-order valence-electron chi connectivity index (χ3n) is 9.02. The van der Waals surface area contributed by atoms with E-state index in [1.807, 2.05) is 25.1 Å². The first-order valence-electron chi connectivity index (χ1n) is 16.6. The molecule has 3 aliphatic rings. The number of halogens is 1. The number of nitrogens with one attached hydrogen (secondary N) is 3. The highest BCUT2D eigenvalue weighted by molar-refractivity contribution is 8.14. The Bertz CT molecular complexity index is 1590. The van der Waals surface area contributed by atoms with Crippen molar-refractivity contribution >= 4 is 28.6 Å². The number of nitrogens with zero attached hydrogens (tertiary/aromatic N) is 3. The Kier molecular flexibility index (Phi) is 11.2. The van der Waals surface area contributed by atoms with Gasteiger partial charge in [0.1, 0.15) is 23.2 Å². The number of hydrogen-bond acceptors (Lipinski definition) is 8. The van der Waals surface area contributed by atoms with Crippen LogP contribution in [0.15, 0.2) is 65.8 Å². The molecule has 1 atom stereocenters. The second kappa shape index (κ2) is 15.9. The number of aliphatic imine (C=N–C) groups is 1. The van der Waals surface area contributed by atoms with Gasteiger partial charge in [-0.05, 0) is 86.9 Å². The zero-order valence-electron chi connectivity index (χ0n) is 26.8. The van der Waals surface area contributed by atoms with E-state index in [0.29, 0.717) is 24.3 Å². The SMILES string of the molecule is CC1=NC(C(=O)NC2CCC(NC(=O)c3cc(F)cnc3Oc3cccc(-c4cccc(CCCN5CCNCC5)c4)c3)CC2)CS1. The van der Waals surface area contributed by atoms with E-state index in [-0.39, 0.29) is 35.5 Å². The molecule has 6 rings (SSSR count). The second-order valence-electron chi connectivity index (χ2n) is 12.5. The summed E-state index contributed by atoms with van der Waals surface area (Å²) >= 11 is 1.61. The monoisotopic (exact) mass is 658 g/mol. The van der Waals surface area contributed by atoms with Crippen molar-refractivity contribution in [3.05, 3.63) is 77.7 Å². The molecule has 2 aliphatic heterocycles. The van der Waals surface area contributed by atoms with E-state index in [9.17, 15) is 14.0 Å². The summed E-state index contributed by atoms with van der Waals surface area (Å²) in [5, 5.41) is 10.5. The predicted octanol–water partition coefficient (Wildman–Crippen LogP) is 5.21. The van der Waals surface area contributed by atoms with E-state index < -0.39 is 11.7 Å². The third kappa shape index (κ3) is 9.18. The van der Waals surface area contributed by atoms with Crippen molar-refractivity contribution < 1.29 is 18.7 Å². The van der Waals surface area contributed by atoms with Crippen molar-refractivity contribution in [3.8, 4) is 22.8 Å². The zero-order valence-corrected chi connectivity index (χ0v) is 27.7. The minimum Gasteiger partial charge on any atom is -0.438 e. The molecule has 1 saturated heterocycles. The highest BCUT2D eigenvalue weighted by atomic mass is 32.2. The van der Waals surface area contributed by atoms with E-state index in [0.717, 1.165) is 80.8 Å². The summed E-state index contributed by atoms with van der Waals surface area (Å²) in [6.45, 7) is 7.36. The molecule has 3 heterocycles. The number of aromatic nitrogens is 1. The minimum absolute atomic E-state index is 0.0346. The number of ether oxygens (including phenoxy) is 1. The second-order valence-corrected chi connectivity index (χ2v) is 13.8. The van der Waals surface area contributed by atoms with Gasteiger partial charge in [-0.3, -0.25) is 14.6 Å². The molecule has 2 amide bonds. The maximum absolute atomic E-state index is 14.3. The number of carbonyl (C=O) groups excluding carboxylic acids is 2. The van der Waals surface area contributed by atoms with Crippen molar-refractivity contribution in [3.63, 3.8) is 0 Å². The maximum Gasteiger partial charge on any atom is 0.257 e. The van der Waals surface area contributed by atoms with Gasteiger partial charge >= 0.3 is 0 Å². The third-order valence-corrected chi connectivity index (χ3v) is 10.0. The summed E-state index contributed by atoms with van der Waals surface area (Å²) in [6.07, 6.45) is 6.07. The van der Waals surface area contributed by atoms with Crippen molar-refractivity contribution in [2.75, 3.05) is 38.5 Å². The van der Waals surface area contributed by atoms with Crippen LogP contribution in [-0.4, -0.2) is 83.3 Å². The number of aryl methyl sites for hydroxylation is 1. The smallest absolute Gasteiger partial charge is 0.257 e. The van der Waals surface area contributed by atoms with Gasteiger partial charge in [0.2, 0.25) is 11.8 Å². The normalized spacial score (nSPS) is 21.6. The quantitative estimate of drug-likeness (QED) is 0.260. The molecule has 2 aromatic carbocycles. The van der Waals surface area contributed by atoms with Crippen molar-refractivity contribution in [2.24, 2.45) is 4.99 Å². The van der Waals surface area contributed by atoms with Crippen molar-refractivity contribution in [1.82, 2.24) is 25.8 Å². The van der Waals surface area contributed by atoms with E-state index in [2.05, 4.69) is 55.1 Å².